The zero-order valence-electron chi connectivity index (χ0n) is 23.3. The Morgan fingerprint density at radius 3 is 2.47 bits per heavy atom. The van der Waals surface area contributed by atoms with Crippen LogP contribution in [0, 0.1) is 25.2 Å². The zero-order valence-corrected chi connectivity index (χ0v) is 23.3. The van der Waals surface area contributed by atoms with Crippen molar-refractivity contribution in [3.05, 3.63) is 41.0 Å². The predicted octanol–water partition coefficient (Wildman–Crippen LogP) is 5.48. The molecule has 1 saturated heterocycles. The molecule has 1 aliphatic heterocycles. The minimum atomic E-state index is -0.120. The lowest BCUT2D eigenvalue weighted by molar-refractivity contribution is -0.120. The third kappa shape index (κ3) is 7.48. The highest BCUT2D eigenvalue weighted by Crippen LogP contribution is 2.41. The summed E-state index contributed by atoms with van der Waals surface area (Å²) in [6.07, 6.45) is 7.70. The van der Waals surface area contributed by atoms with Crippen molar-refractivity contribution in [1.82, 2.24) is 19.7 Å². The molecule has 2 aromatic rings. The number of hydrogen-bond acceptors (Lipinski definition) is 5. The van der Waals surface area contributed by atoms with Crippen LogP contribution in [0.4, 0.5) is 5.69 Å². The van der Waals surface area contributed by atoms with Crippen molar-refractivity contribution < 1.29 is 9.59 Å². The summed E-state index contributed by atoms with van der Waals surface area (Å²) in [7, 11) is 2.10. The third-order valence-corrected chi connectivity index (χ3v) is 7.10. The summed E-state index contributed by atoms with van der Waals surface area (Å²) in [5.74, 6) is 2.19. The fourth-order valence-corrected chi connectivity index (χ4v) is 5.05. The van der Waals surface area contributed by atoms with Crippen LogP contribution in [0.3, 0.4) is 0 Å². The Morgan fingerprint density at radius 1 is 1.14 bits per heavy atom. The highest BCUT2D eigenvalue weighted by Gasteiger charge is 2.42. The highest BCUT2D eigenvalue weighted by molar-refractivity contribution is 5.94. The molecule has 1 unspecified atom stereocenters. The third-order valence-electron chi connectivity index (χ3n) is 7.10. The Hall–Kier alpha value is -2.54. The summed E-state index contributed by atoms with van der Waals surface area (Å²) in [4.78, 5) is 24.5. The molecular weight excluding hydrogens is 450 g/mol. The topological polar surface area (TPSA) is 80.1 Å². The second-order valence-electron chi connectivity index (χ2n) is 11.8. The number of rotatable bonds is 8. The van der Waals surface area contributed by atoms with E-state index < -0.39 is 0 Å². The van der Waals surface area contributed by atoms with Crippen molar-refractivity contribution in [1.29, 1.82) is 0 Å². The number of amides is 1. The SMILES string of the molecule is CC=O.Cc1ccc(C)c(NC(=O)C2CN(C)C[C@@H]2c2nnc(CCCCC(C)(C)C)n2C2CC2)c1. The first-order valence-electron chi connectivity index (χ1n) is 13.4. The number of aryl methyl sites for hydroxylation is 3. The van der Waals surface area contributed by atoms with E-state index in [1.807, 2.05) is 6.92 Å². The van der Waals surface area contributed by atoms with Crippen molar-refractivity contribution >= 4 is 17.9 Å². The summed E-state index contributed by atoms with van der Waals surface area (Å²) in [5, 5.41) is 12.6. The molecular formula is C29H45N5O2. The van der Waals surface area contributed by atoms with Gasteiger partial charge in [-0.2, -0.15) is 0 Å². The van der Waals surface area contributed by atoms with E-state index in [0.717, 1.165) is 60.7 Å². The smallest absolute Gasteiger partial charge is 0.229 e. The van der Waals surface area contributed by atoms with Gasteiger partial charge in [0, 0.05) is 37.2 Å². The number of aromatic nitrogens is 3. The van der Waals surface area contributed by atoms with Gasteiger partial charge in [0.25, 0.3) is 0 Å². The van der Waals surface area contributed by atoms with Crippen LogP contribution in [-0.4, -0.2) is 52.0 Å². The van der Waals surface area contributed by atoms with Gasteiger partial charge in [0.15, 0.2) is 0 Å². The largest absolute Gasteiger partial charge is 0.326 e. The predicted molar refractivity (Wildman–Crippen MR) is 145 cm³/mol. The number of hydrogen-bond donors (Lipinski definition) is 1. The summed E-state index contributed by atoms with van der Waals surface area (Å²) < 4.78 is 2.40. The van der Waals surface area contributed by atoms with E-state index in [9.17, 15) is 4.79 Å². The maximum absolute atomic E-state index is 13.4. The molecule has 1 aromatic carbocycles. The van der Waals surface area contributed by atoms with E-state index in [-0.39, 0.29) is 17.7 Å². The number of aldehydes is 1. The molecule has 0 bridgehead atoms. The Balaban J connectivity index is 0.00000115. The summed E-state index contributed by atoms with van der Waals surface area (Å²) >= 11 is 0. The normalized spacial score (nSPS) is 20.1. The van der Waals surface area contributed by atoms with Gasteiger partial charge in [0.2, 0.25) is 5.91 Å². The van der Waals surface area contributed by atoms with Gasteiger partial charge in [-0.3, -0.25) is 4.79 Å². The van der Waals surface area contributed by atoms with Gasteiger partial charge < -0.3 is 19.6 Å². The Labute approximate surface area is 217 Å². The van der Waals surface area contributed by atoms with Crippen LogP contribution in [0.15, 0.2) is 18.2 Å². The van der Waals surface area contributed by atoms with Gasteiger partial charge in [-0.25, -0.2) is 0 Å². The molecule has 1 saturated carbocycles. The van der Waals surface area contributed by atoms with Crippen LogP contribution < -0.4 is 5.32 Å². The van der Waals surface area contributed by atoms with Gasteiger partial charge in [-0.15, -0.1) is 10.2 Å². The number of likely N-dealkylation sites (N-methyl/N-ethyl adjacent to an activating group) is 1. The van der Waals surface area contributed by atoms with Gasteiger partial charge in [0.05, 0.1) is 5.92 Å². The van der Waals surface area contributed by atoms with Crippen LogP contribution in [-0.2, 0) is 16.0 Å². The van der Waals surface area contributed by atoms with E-state index in [0.29, 0.717) is 11.5 Å². The summed E-state index contributed by atoms with van der Waals surface area (Å²) in [6.45, 7) is 14.1. The zero-order chi connectivity index (χ0) is 26.5. The van der Waals surface area contributed by atoms with Crippen molar-refractivity contribution in [3.8, 4) is 0 Å². The second kappa shape index (κ2) is 12.1. The Morgan fingerprint density at radius 2 is 1.83 bits per heavy atom. The minimum Gasteiger partial charge on any atom is -0.326 e. The molecule has 1 amide bonds. The van der Waals surface area contributed by atoms with Crippen LogP contribution in [0.25, 0.3) is 0 Å². The fourth-order valence-electron chi connectivity index (χ4n) is 5.05. The average molecular weight is 496 g/mol. The Bertz CT molecular complexity index is 1030. The number of nitrogens with one attached hydrogen (secondary N) is 1. The van der Waals surface area contributed by atoms with E-state index in [4.69, 9.17) is 9.89 Å². The quantitative estimate of drug-likeness (QED) is 0.388. The van der Waals surface area contributed by atoms with E-state index in [1.54, 1.807) is 0 Å². The number of benzene rings is 1. The Kier molecular flexibility index (Phi) is 9.45. The number of carbonyl (C=O) groups excluding carboxylic acids is 2. The molecule has 2 atom stereocenters. The first-order valence-corrected chi connectivity index (χ1v) is 13.4. The average Bonchev–Trinajstić information content (AvgIpc) is 3.43. The van der Waals surface area contributed by atoms with Crippen molar-refractivity contribution in [2.24, 2.45) is 11.3 Å². The van der Waals surface area contributed by atoms with Gasteiger partial charge in [-0.1, -0.05) is 39.3 Å². The molecule has 1 aliphatic carbocycles. The lowest BCUT2D eigenvalue weighted by Gasteiger charge is -2.20. The molecule has 0 spiro atoms. The van der Waals surface area contributed by atoms with Crippen LogP contribution in [0.5, 0.6) is 0 Å². The van der Waals surface area contributed by atoms with Gasteiger partial charge in [0.1, 0.15) is 17.9 Å². The number of likely N-dealkylation sites (tertiary alicyclic amines) is 1. The van der Waals surface area contributed by atoms with Crippen molar-refractivity contribution in [2.45, 2.75) is 92.0 Å². The maximum Gasteiger partial charge on any atom is 0.229 e. The van der Waals surface area contributed by atoms with Crippen LogP contribution in [0.2, 0.25) is 0 Å². The lowest BCUT2D eigenvalue weighted by atomic mass is 9.89. The molecule has 2 fully saturated rings. The van der Waals surface area contributed by atoms with Crippen molar-refractivity contribution in [3.63, 3.8) is 0 Å². The first-order chi connectivity index (χ1) is 17.0. The molecule has 4 rings (SSSR count). The molecule has 0 radical (unpaired) electrons. The molecule has 7 heteroatoms. The minimum absolute atomic E-state index is 0.0801. The summed E-state index contributed by atoms with van der Waals surface area (Å²) in [5.41, 5.74) is 3.53. The number of nitrogens with zero attached hydrogens (tertiary/aromatic N) is 4. The van der Waals surface area contributed by atoms with E-state index in [2.05, 4.69) is 72.8 Å². The fraction of sp³-hybridized carbons (Fsp3) is 0.655. The molecule has 2 aliphatic rings. The van der Waals surface area contributed by atoms with Gasteiger partial charge >= 0.3 is 0 Å². The number of anilines is 1. The molecule has 36 heavy (non-hydrogen) atoms. The second-order valence-corrected chi connectivity index (χ2v) is 11.8. The molecule has 2 heterocycles. The number of unbranched alkanes of at least 4 members (excludes halogenated alkanes) is 1. The van der Waals surface area contributed by atoms with Crippen molar-refractivity contribution in [2.75, 3.05) is 25.5 Å². The maximum atomic E-state index is 13.4. The number of carbonyl (C=O) groups is 2. The van der Waals surface area contributed by atoms with Crippen LogP contribution in [0.1, 0.15) is 94.5 Å². The molecule has 7 nitrogen and oxygen atoms in total. The molecule has 198 valence electrons. The lowest BCUT2D eigenvalue weighted by Crippen LogP contribution is -2.29. The van der Waals surface area contributed by atoms with Crippen LogP contribution >= 0.6 is 0 Å². The first kappa shape index (κ1) is 28.0. The van der Waals surface area contributed by atoms with E-state index in [1.165, 1.54) is 32.6 Å². The summed E-state index contributed by atoms with van der Waals surface area (Å²) in [6, 6.07) is 6.72. The van der Waals surface area contributed by atoms with Gasteiger partial charge in [-0.05, 0) is 76.1 Å². The monoisotopic (exact) mass is 495 g/mol. The standard InChI is InChI=1S/C27H41N5O.C2H4O/c1-18-10-11-19(2)23(15-18)28-26(33)22-17-31(6)16-21(22)25-30-29-24(32(25)20-12-13-20)9-7-8-14-27(3,4)5;1-2-3/h10-11,15,20-22H,7-9,12-14,16-17H2,1-6H3,(H,28,33);2H,1H3/t21-,22?;/m0./s1. The molecule has 1 N–H and O–H groups in total. The highest BCUT2D eigenvalue weighted by atomic mass is 16.2. The van der Waals surface area contributed by atoms with E-state index >= 15 is 0 Å². The molecule has 1 aromatic heterocycles.